The van der Waals surface area contributed by atoms with Crippen molar-refractivity contribution in [2.24, 2.45) is 11.8 Å². The molecule has 3 heterocycles. The van der Waals surface area contributed by atoms with Crippen molar-refractivity contribution in [1.82, 2.24) is 24.9 Å². The number of rotatable bonds is 4. The lowest BCUT2D eigenvalue weighted by Crippen LogP contribution is -2.44. The molecule has 2 aliphatic heterocycles. The van der Waals surface area contributed by atoms with Gasteiger partial charge in [-0.25, -0.2) is 4.79 Å². The number of carbonyl (C=O) groups excluding carboxylic acids is 2. The topological polar surface area (TPSA) is 90.7 Å². The number of nitrogens with zero attached hydrogens (tertiary/aromatic N) is 4. The summed E-state index contributed by atoms with van der Waals surface area (Å²) in [5, 5.41) is 16.7. The summed E-state index contributed by atoms with van der Waals surface area (Å²) in [5.74, 6) is 0.836. The number of urea groups is 1. The molecule has 2 fully saturated rings. The second-order valence-corrected chi connectivity index (χ2v) is 8.01. The Labute approximate surface area is 159 Å². The van der Waals surface area contributed by atoms with Gasteiger partial charge in [-0.1, -0.05) is 6.42 Å². The molecule has 0 bridgehead atoms. The quantitative estimate of drug-likeness (QED) is 0.819. The van der Waals surface area contributed by atoms with Gasteiger partial charge in [0.05, 0.1) is 31.0 Å². The molecule has 3 amide bonds. The maximum Gasteiger partial charge on any atom is 0.317 e. The van der Waals surface area contributed by atoms with E-state index < -0.39 is 0 Å². The molecule has 0 atom stereocenters. The highest BCUT2D eigenvalue weighted by Gasteiger charge is 2.31. The molecule has 3 aliphatic rings. The smallest absolute Gasteiger partial charge is 0.317 e. The third-order valence-corrected chi connectivity index (χ3v) is 6.20. The average molecular weight is 375 g/mol. The van der Waals surface area contributed by atoms with Crippen LogP contribution in [0.2, 0.25) is 0 Å². The van der Waals surface area contributed by atoms with Crippen LogP contribution in [0.15, 0.2) is 6.07 Å². The van der Waals surface area contributed by atoms with Crippen molar-refractivity contribution in [1.29, 1.82) is 0 Å². The number of nitrogens with one attached hydrogen (secondary N) is 1. The van der Waals surface area contributed by atoms with Gasteiger partial charge in [-0.15, -0.1) is 0 Å². The summed E-state index contributed by atoms with van der Waals surface area (Å²) in [6, 6.07) is 1.93. The van der Waals surface area contributed by atoms with Gasteiger partial charge in [0.15, 0.2) is 0 Å². The lowest BCUT2D eigenvalue weighted by molar-refractivity contribution is -0.139. The van der Waals surface area contributed by atoms with E-state index in [0.29, 0.717) is 32.1 Å². The van der Waals surface area contributed by atoms with Gasteiger partial charge in [0.1, 0.15) is 0 Å². The zero-order valence-electron chi connectivity index (χ0n) is 15.8. The molecular weight excluding hydrogens is 346 g/mol. The van der Waals surface area contributed by atoms with Crippen molar-refractivity contribution < 1.29 is 14.7 Å². The first kappa shape index (κ1) is 18.3. The fraction of sp³-hybridized carbons (Fsp3) is 0.737. The molecule has 0 spiro atoms. The Bertz CT molecular complexity index is 692. The summed E-state index contributed by atoms with van der Waals surface area (Å²) in [4.78, 5) is 28.5. The maximum atomic E-state index is 12.4. The molecule has 1 aromatic rings. The first-order chi connectivity index (χ1) is 13.1. The van der Waals surface area contributed by atoms with Crippen LogP contribution >= 0.6 is 0 Å². The molecular formula is C19H29N5O3. The lowest BCUT2D eigenvalue weighted by Gasteiger charge is -2.34. The molecule has 2 N–H and O–H groups in total. The van der Waals surface area contributed by atoms with Crippen LogP contribution in [0.1, 0.15) is 43.5 Å². The minimum Gasteiger partial charge on any atom is -0.396 e. The minimum absolute atomic E-state index is 0.0702. The van der Waals surface area contributed by atoms with E-state index in [4.69, 9.17) is 0 Å². The van der Waals surface area contributed by atoms with Crippen LogP contribution in [0, 0.1) is 11.8 Å². The van der Waals surface area contributed by atoms with Crippen LogP contribution in [-0.4, -0.2) is 62.9 Å². The van der Waals surface area contributed by atoms with Crippen LogP contribution < -0.4 is 5.32 Å². The van der Waals surface area contributed by atoms with E-state index in [1.165, 1.54) is 6.42 Å². The summed E-state index contributed by atoms with van der Waals surface area (Å²) in [5.41, 5.74) is 1.88. The molecule has 1 aliphatic carbocycles. The normalized spacial score (nSPS) is 20.9. The molecule has 1 saturated heterocycles. The van der Waals surface area contributed by atoms with E-state index in [0.717, 1.165) is 50.2 Å². The van der Waals surface area contributed by atoms with Crippen molar-refractivity contribution in [3.63, 3.8) is 0 Å². The summed E-state index contributed by atoms with van der Waals surface area (Å²) >= 11 is 0. The second-order valence-electron chi connectivity index (χ2n) is 8.01. The number of fused-ring (bicyclic) bond motifs is 1. The van der Waals surface area contributed by atoms with Gasteiger partial charge in [-0.2, -0.15) is 5.10 Å². The lowest BCUT2D eigenvalue weighted by atomic mass is 9.84. The molecule has 4 rings (SSSR count). The van der Waals surface area contributed by atoms with Crippen molar-refractivity contribution in [2.45, 2.75) is 51.7 Å². The zero-order valence-corrected chi connectivity index (χ0v) is 15.8. The van der Waals surface area contributed by atoms with Crippen LogP contribution in [-0.2, 0) is 24.4 Å². The first-order valence-corrected chi connectivity index (χ1v) is 10.1. The number of carbonyl (C=O) groups is 2. The summed E-state index contributed by atoms with van der Waals surface area (Å²) in [6.45, 7) is 4.03. The average Bonchev–Trinajstić information content (AvgIpc) is 3.06. The first-order valence-electron chi connectivity index (χ1n) is 10.1. The summed E-state index contributed by atoms with van der Waals surface area (Å²) in [7, 11) is 0. The van der Waals surface area contributed by atoms with E-state index in [9.17, 15) is 14.7 Å². The Balaban J connectivity index is 1.28. The highest BCUT2D eigenvalue weighted by molar-refractivity contribution is 5.79. The van der Waals surface area contributed by atoms with Crippen molar-refractivity contribution >= 4 is 11.9 Å². The van der Waals surface area contributed by atoms with E-state index in [1.807, 2.05) is 15.6 Å². The summed E-state index contributed by atoms with van der Waals surface area (Å²) in [6.07, 6.45) is 4.94. The highest BCUT2D eigenvalue weighted by atomic mass is 16.3. The number of aliphatic hydroxyl groups is 1. The van der Waals surface area contributed by atoms with Gasteiger partial charge in [0, 0.05) is 32.2 Å². The maximum absolute atomic E-state index is 12.4. The molecule has 0 aromatic carbocycles. The Morgan fingerprint density at radius 2 is 1.89 bits per heavy atom. The molecule has 27 heavy (non-hydrogen) atoms. The largest absolute Gasteiger partial charge is 0.396 e. The Morgan fingerprint density at radius 3 is 2.56 bits per heavy atom. The number of aromatic nitrogens is 2. The Morgan fingerprint density at radius 1 is 1.11 bits per heavy atom. The Hall–Kier alpha value is -2.09. The highest BCUT2D eigenvalue weighted by Crippen LogP contribution is 2.29. The van der Waals surface area contributed by atoms with Crippen LogP contribution in [0.4, 0.5) is 4.79 Å². The molecule has 0 radical (unpaired) electrons. The predicted octanol–water partition coefficient (Wildman–Crippen LogP) is 0.939. The molecule has 1 saturated carbocycles. The van der Waals surface area contributed by atoms with Gasteiger partial charge in [0.2, 0.25) is 5.91 Å². The fourth-order valence-electron chi connectivity index (χ4n) is 4.11. The molecule has 0 unspecified atom stereocenters. The third kappa shape index (κ3) is 3.95. The van der Waals surface area contributed by atoms with Gasteiger partial charge in [-0.3, -0.25) is 9.48 Å². The third-order valence-electron chi connectivity index (χ3n) is 6.20. The summed E-state index contributed by atoms with van der Waals surface area (Å²) < 4.78 is 1.96. The fourth-order valence-corrected chi connectivity index (χ4v) is 4.11. The standard InChI is InChI=1S/C19H29N5O3/c25-13-14-4-6-22(7-5-14)19(27)20-11-16-10-17-12-23(8-9-24(17)21-16)18(26)15-2-1-3-15/h10,14-15,25H,1-9,11-13H2,(H,20,27). The van der Waals surface area contributed by atoms with E-state index in [-0.39, 0.29) is 24.5 Å². The number of piperidine rings is 1. The van der Waals surface area contributed by atoms with Gasteiger partial charge in [-0.05, 0) is 37.7 Å². The van der Waals surface area contributed by atoms with E-state index in [1.54, 1.807) is 4.90 Å². The van der Waals surface area contributed by atoms with E-state index >= 15 is 0 Å². The van der Waals surface area contributed by atoms with Crippen molar-refractivity contribution in [3.05, 3.63) is 17.5 Å². The van der Waals surface area contributed by atoms with Crippen LogP contribution in [0.25, 0.3) is 0 Å². The number of hydrogen-bond donors (Lipinski definition) is 2. The number of likely N-dealkylation sites (tertiary alicyclic amines) is 1. The van der Waals surface area contributed by atoms with Gasteiger partial charge < -0.3 is 20.2 Å². The molecule has 8 nitrogen and oxygen atoms in total. The number of aliphatic hydroxyl groups excluding tert-OH is 1. The molecule has 8 heteroatoms. The number of hydrogen-bond acceptors (Lipinski definition) is 4. The van der Waals surface area contributed by atoms with Gasteiger partial charge in [0.25, 0.3) is 0 Å². The van der Waals surface area contributed by atoms with E-state index in [2.05, 4.69) is 10.4 Å². The SMILES string of the molecule is O=C(NCc1cc2n(n1)CCN(C(=O)C1CCC1)C2)N1CCC(CO)CC1. The van der Waals surface area contributed by atoms with Crippen molar-refractivity contribution in [3.8, 4) is 0 Å². The van der Waals surface area contributed by atoms with Crippen LogP contribution in [0.3, 0.4) is 0 Å². The van der Waals surface area contributed by atoms with Crippen molar-refractivity contribution in [2.75, 3.05) is 26.2 Å². The van der Waals surface area contributed by atoms with Gasteiger partial charge >= 0.3 is 6.03 Å². The Kier molecular flexibility index (Phi) is 5.33. The second kappa shape index (κ2) is 7.88. The molecule has 1 aromatic heterocycles. The number of amides is 3. The monoisotopic (exact) mass is 375 g/mol. The minimum atomic E-state index is -0.0702. The predicted molar refractivity (Wildman–Crippen MR) is 98.6 cm³/mol. The molecule has 148 valence electrons. The van der Waals surface area contributed by atoms with Crippen LogP contribution in [0.5, 0.6) is 0 Å². The zero-order chi connectivity index (χ0) is 18.8.